The molecule has 1 rings (SSSR count). The quantitative estimate of drug-likeness (QED) is 0.456. The molecule has 1 aromatic rings. The highest BCUT2D eigenvalue weighted by Gasteiger charge is 2.33. The Morgan fingerprint density at radius 2 is 1.89 bits per heavy atom. The highest BCUT2D eigenvalue weighted by Crippen LogP contribution is 2.30. The van der Waals surface area contributed by atoms with Crippen LogP contribution < -0.4 is 0 Å². The van der Waals surface area contributed by atoms with E-state index in [-0.39, 0.29) is 10.3 Å². The summed E-state index contributed by atoms with van der Waals surface area (Å²) in [5.74, 6) is 0.659. The Kier molecular flexibility index (Phi) is 6.35. The average molecular weight is 314 g/mol. The second kappa shape index (κ2) is 7.31. The van der Waals surface area contributed by atoms with Gasteiger partial charge in [-0.1, -0.05) is 13.8 Å². The SMILES string of the molecule is CCN(CC)CCSc1cc(C(F)(F)F)nc(Cl)n1. The summed E-state index contributed by atoms with van der Waals surface area (Å²) in [6, 6.07) is 0.929. The van der Waals surface area contributed by atoms with Crippen LogP contribution in [-0.2, 0) is 6.18 Å². The van der Waals surface area contributed by atoms with E-state index in [9.17, 15) is 13.2 Å². The number of rotatable bonds is 6. The van der Waals surface area contributed by atoms with Crippen LogP contribution in [0.5, 0.6) is 0 Å². The van der Waals surface area contributed by atoms with Gasteiger partial charge in [0.15, 0.2) is 5.69 Å². The summed E-state index contributed by atoms with van der Waals surface area (Å²) in [4.78, 5) is 9.16. The van der Waals surface area contributed by atoms with Gasteiger partial charge >= 0.3 is 6.18 Å². The zero-order valence-electron chi connectivity index (χ0n) is 10.7. The number of thioether (sulfide) groups is 1. The molecule has 0 saturated heterocycles. The number of aromatic nitrogens is 2. The molecule has 0 fully saturated rings. The van der Waals surface area contributed by atoms with Gasteiger partial charge in [0.2, 0.25) is 5.28 Å². The molecule has 0 aliphatic rings. The molecule has 0 saturated carbocycles. The van der Waals surface area contributed by atoms with E-state index < -0.39 is 11.9 Å². The molecule has 1 heterocycles. The van der Waals surface area contributed by atoms with Gasteiger partial charge in [-0.3, -0.25) is 0 Å². The Balaban J connectivity index is 2.66. The fourth-order valence-electron chi connectivity index (χ4n) is 1.44. The number of hydrogen-bond acceptors (Lipinski definition) is 4. The fraction of sp³-hybridized carbons (Fsp3) is 0.636. The molecule has 1 aromatic heterocycles. The highest BCUT2D eigenvalue weighted by molar-refractivity contribution is 7.99. The van der Waals surface area contributed by atoms with Crippen molar-refractivity contribution >= 4 is 23.4 Å². The van der Waals surface area contributed by atoms with E-state index in [0.717, 1.165) is 25.7 Å². The third-order valence-corrected chi connectivity index (χ3v) is 3.58. The first-order chi connectivity index (χ1) is 8.86. The molecule has 0 N–H and O–H groups in total. The number of nitrogens with zero attached hydrogens (tertiary/aromatic N) is 3. The van der Waals surface area contributed by atoms with Gasteiger partial charge in [-0.2, -0.15) is 13.2 Å². The molecule has 0 amide bonds. The minimum absolute atomic E-state index is 0.250. The summed E-state index contributed by atoms with van der Waals surface area (Å²) in [7, 11) is 0. The van der Waals surface area contributed by atoms with Crippen LogP contribution in [0, 0.1) is 0 Å². The summed E-state index contributed by atoms with van der Waals surface area (Å²) in [6.07, 6.45) is -4.50. The molecule has 0 bridgehead atoms. The van der Waals surface area contributed by atoms with Crippen LogP contribution in [0.25, 0.3) is 0 Å². The van der Waals surface area contributed by atoms with Crippen LogP contribution in [0.1, 0.15) is 19.5 Å². The van der Waals surface area contributed by atoms with Crippen molar-refractivity contribution in [1.29, 1.82) is 0 Å². The monoisotopic (exact) mass is 313 g/mol. The van der Waals surface area contributed by atoms with E-state index >= 15 is 0 Å². The molecule has 108 valence electrons. The number of halogens is 4. The van der Waals surface area contributed by atoms with Gasteiger partial charge in [-0.15, -0.1) is 11.8 Å². The minimum Gasteiger partial charge on any atom is -0.303 e. The Bertz CT molecular complexity index is 411. The molecule has 3 nitrogen and oxygen atoms in total. The Morgan fingerprint density at radius 3 is 2.42 bits per heavy atom. The van der Waals surface area contributed by atoms with Crippen LogP contribution in [-0.4, -0.2) is 40.3 Å². The van der Waals surface area contributed by atoms with Crippen LogP contribution in [0.2, 0.25) is 5.28 Å². The fourth-order valence-corrected chi connectivity index (χ4v) is 2.57. The van der Waals surface area contributed by atoms with Crippen molar-refractivity contribution < 1.29 is 13.2 Å². The van der Waals surface area contributed by atoms with E-state index in [0.29, 0.717) is 5.75 Å². The van der Waals surface area contributed by atoms with Crippen LogP contribution in [0.4, 0.5) is 13.2 Å². The summed E-state index contributed by atoms with van der Waals surface area (Å²) >= 11 is 6.75. The largest absolute Gasteiger partial charge is 0.433 e. The van der Waals surface area contributed by atoms with Gasteiger partial charge in [0.25, 0.3) is 0 Å². The molecule has 0 aromatic carbocycles. The third kappa shape index (κ3) is 5.54. The van der Waals surface area contributed by atoms with Crippen molar-refractivity contribution in [2.24, 2.45) is 0 Å². The lowest BCUT2D eigenvalue weighted by Crippen LogP contribution is -2.25. The van der Waals surface area contributed by atoms with E-state index in [1.807, 2.05) is 13.8 Å². The normalized spacial score (nSPS) is 12.2. The second-order valence-electron chi connectivity index (χ2n) is 3.73. The zero-order valence-corrected chi connectivity index (χ0v) is 12.2. The van der Waals surface area contributed by atoms with Crippen molar-refractivity contribution in [3.8, 4) is 0 Å². The first-order valence-electron chi connectivity index (χ1n) is 5.83. The van der Waals surface area contributed by atoms with Crippen molar-refractivity contribution in [2.75, 3.05) is 25.4 Å². The van der Waals surface area contributed by atoms with Crippen LogP contribution in [0.15, 0.2) is 11.1 Å². The maximum absolute atomic E-state index is 12.5. The van der Waals surface area contributed by atoms with Gasteiger partial charge < -0.3 is 4.90 Å². The molecule has 0 aliphatic carbocycles. The summed E-state index contributed by atoms with van der Waals surface area (Å²) < 4.78 is 37.6. The van der Waals surface area contributed by atoms with E-state index in [1.54, 1.807) is 0 Å². The van der Waals surface area contributed by atoms with Gasteiger partial charge in [-0.25, -0.2) is 9.97 Å². The number of alkyl halides is 3. The predicted octanol–water partition coefficient (Wildman–Crippen LogP) is 3.58. The second-order valence-corrected chi connectivity index (χ2v) is 5.19. The molecule has 0 unspecified atom stereocenters. The predicted molar refractivity (Wildman–Crippen MR) is 70.6 cm³/mol. The van der Waals surface area contributed by atoms with Crippen molar-refractivity contribution in [2.45, 2.75) is 25.0 Å². The van der Waals surface area contributed by atoms with Gasteiger partial charge in [0, 0.05) is 18.4 Å². The highest BCUT2D eigenvalue weighted by atomic mass is 35.5. The maximum Gasteiger partial charge on any atom is 0.433 e. The van der Waals surface area contributed by atoms with E-state index in [2.05, 4.69) is 14.9 Å². The Morgan fingerprint density at radius 1 is 1.26 bits per heavy atom. The average Bonchev–Trinajstić information content (AvgIpc) is 2.33. The first kappa shape index (κ1) is 16.5. The topological polar surface area (TPSA) is 29.0 Å². The van der Waals surface area contributed by atoms with Gasteiger partial charge in [0.1, 0.15) is 5.03 Å². The van der Waals surface area contributed by atoms with Crippen molar-refractivity contribution in [3.63, 3.8) is 0 Å². The van der Waals surface area contributed by atoms with Gasteiger partial charge in [-0.05, 0) is 24.7 Å². The first-order valence-corrected chi connectivity index (χ1v) is 7.20. The lowest BCUT2D eigenvalue weighted by atomic mass is 10.4. The molecule has 0 radical (unpaired) electrons. The smallest absolute Gasteiger partial charge is 0.303 e. The van der Waals surface area contributed by atoms with Crippen LogP contribution in [0.3, 0.4) is 0 Å². The van der Waals surface area contributed by atoms with E-state index in [4.69, 9.17) is 11.6 Å². The maximum atomic E-state index is 12.5. The molecular formula is C11H15ClF3N3S. The molecule has 19 heavy (non-hydrogen) atoms. The summed E-state index contributed by atoms with van der Waals surface area (Å²) in [5, 5.41) is -0.125. The summed E-state index contributed by atoms with van der Waals surface area (Å²) in [5.41, 5.74) is -1.00. The van der Waals surface area contributed by atoms with Crippen molar-refractivity contribution in [3.05, 3.63) is 17.0 Å². The van der Waals surface area contributed by atoms with Gasteiger partial charge in [0.05, 0.1) is 0 Å². The number of hydrogen-bond donors (Lipinski definition) is 0. The minimum atomic E-state index is -4.50. The van der Waals surface area contributed by atoms with Crippen LogP contribution >= 0.6 is 23.4 Å². The van der Waals surface area contributed by atoms with E-state index in [1.165, 1.54) is 11.8 Å². The molecule has 0 atom stereocenters. The Labute approximate surface area is 119 Å². The summed E-state index contributed by atoms with van der Waals surface area (Å²) in [6.45, 7) is 6.69. The zero-order chi connectivity index (χ0) is 14.5. The lowest BCUT2D eigenvalue weighted by Gasteiger charge is -2.17. The molecule has 0 spiro atoms. The third-order valence-electron chi connectivity index (χ3n) is 2.52. The molecule has 0 aliphatic heterocycles. The molecule has 8 heteroatoms. The standard InChI is InChI=1S/C11H15ClF3N3S/c1-3-18(4-2)5-6-19-9-7-8(11(13,14)15)16-10(12)17-9/h7H,3-6H2,1-2H3. The molecular weight excluding hydrogens is 299 g/mol. The Hall–Kier alpha value is -0.530. The van der Waals surface area contributed by atoms with Crippen molar-refractivity contribution in [1.82, 2.24) is 14.9 Å². The lowest BCUT2D eigenvalue weighted by molar-refractivity contribution is -0.141.